The Kier molecular flexibility index (Phi) is 7.01. The van der Waals surface area contributed by atoms with Crippen LogP contribution in [0.25, 0.3) is 0 Å². The molecule has 7 heteroatoms. The Morgan fingerprint density at radius 2 is 2.11 bits per heavy atom. The van der Waals surface area contributed by atoms with Gasteiger partial charge in [0.1, 0.15) is 23.9 Å². The first-order valence-corrected chi connectivity index (χ1v) is 9.49. The van der Waals surface area contributed by atoms with Gasteiger partial charge in [-0.1, -0.05) is 12.1 Å². The first kappa shape index (κ1) is 19.1. The number of hydrogen-bond acceptors (Lipinski definition) is 5. The normalized spacial score (nSPS) is 10.9. The van der Waals surface area contributed by atoms with Gasteiger partial charge >= 0.3 is 0 Å². The zero-order chi connectivity index (χ0) is 18.9. The third-order valence-electron chi connectivity index (χ3n) is 3.78. The number of amides is 1. The number of rotatable bonds is 10. The van der Waals surface area contributed by atoms with Crippen molar-refractivity contribution in [3.63, 3.8) is 0 Å². The number of ether oxygens (including phenoxy) is 1. The minimum absolute atomic E-state index is 0.0963. The topological polar surface area (TPSA) is 54.7 Å². The largest absolute Gasteiger partial charge is 0.492 e. The molecular formula is C20H21FN2O3S. The molecule has 0 spiro atoms. The van der Waals surface area contributed by atoms with Crippen LogP contribution in [0.4, 0.5) is 4.39 Å². The molecule has 0 fully saturated rings. The summed E-state index contributed by atoms with van der Waals surface area (Å²) in [4.78, 5) is 15.5. The lowest BCUT2D eigenvalue weighted by Gasteiger charge is -2.20. The smallest absolute Gasteiger partial charge is 0.234 e. The van der Waals surface area contributed by atoms with Crippen LogP contribution in [-0.4, -0.2) is 30.5 Å². The average molecular weight is 388 g/mol. The first-order valence-electron chi connectivity index (χ1n) is 8.61. The van der Waals surface area contributed by atoms with E-state index in [2.05, 4.69) is 5.32 Å². The maximum absolute atomic E-state index is 13.1. The van der Waals surface area contributed by atoms with E-state index in [1.165, 1.54) is 17.0 Å². The second kappa shape index (κ2) is 9.89. The molecule has 5 nitrogen and oxygen atoms in total. The zero-order valence-electron chi connectivity index (χ0n) is 14.8. The summed E-state index contributed by atoms with van der Waals surface area (Å²) in [6.07, 6.45) is 1.63. The molecule has 27 heavy (non-hydrogen) atoms. The molecule has 2 heterocycles. The molecule has 1 amide bonds. The highest BCUT2D eigenvalue weighted by molar-refractivity contribution is 7.09. The summed E-state index contributed by atoms with van der Waals surface area (Å²) < 4.78 is 23.9. The molecule has 0 aliphatic rings. The molecule has 0 saturated carbocycles. The third kappa shape index (κ3) is 6.54. The molecule has 1 aromatic carbocycles. The van der Waals surface area contributed by atoms with Gasteiger partial charge in [0.15, 0.2) is 0 Å². The van der Waals surface area contributed by atoms with E-state index < -0.39 is 0 Å². The lowest BCUT2D eigenvalue weighted by Crippen LogP contribution is -2.38. The Bertz CT molecular complexity index is 785. The first-order chi connectivity index (χ1) is 13.2. The molecule has 0 aliphatic heterocycles. The number of thiophene rings is 1. The fourth-order valence-electron chi connectivity index (χ4n) is 2.59. The van der Waals surface area contributed by atoms with E-state index in [9.17, 15) is 9.18 Å². The van der Waals surface area contributed by atoms with Crippen molar-refractivity contribution in [3.8, 4) is 5.75 Å². The number of hydrogen-bond donors (Lipinski definition) is 1. The van der Waals surface area contributed by atoms with Crippen molar-refractivity contribution in [2.75, 3.05) is 19.7 Å². The van der Waals surface area contributed by atoms with Gasteiger partial charge in [0.05, 0.1) is 25.9 Å². The predicted octanol–water partition coefficient (Wildman–Crippen LogP) is 3.68. The van der Waals surface area contributed by atoms with E-state index >= 15 is 0 Å². The molecule has 3 aromatic rings. The maximum atomic E-state index is 13.1. The van der Waals surface area contributed by atoms with Crippen LogP contribution in [0.2, 0.25) is 0 Å². The van der Waals surface area contributed by atoms with Crippen molar-refractivity contribution < 1.29 is 18.3 Å². The SMILES string of the molecule is O=C(CN(Cc1ccco1)Cc1cccs1)NCCOc1cccc(F)c1. The molecule has 0 aliphatic carbocycles. The summed E-state index contributed by atoms with van der Waals surface area (Å²) in [5.41, 5.74) is 0. The van der Waals surface area contributed by atoms with Crippen molar-refractivity contribution in [3.05, 3.63) is 76.6 Å². The maximum Gasteiger partial charge on any atom is 0.234 e. The van der Waals surface area contributed by atoms with Crippen LogP contribution >= 0.6 is 11.3 Å². The van der Waals surface area contributed by atoms with E-state index in [1.54, 1.807) is 29.7 Å². The van der Waals surface area contributed by atoms with Gasteiger partial charge < -0.3 is 14.5 Å². The van der Waals surface area contributed by atoms with Gasteiger partial charge in [-0.2, -0.15) is 0 Å². The quantitative estimate of drug-likeness (QED) is 0.539. The van der Waals surface area contributed by atoms with Crippen LogP contribution in [0.5, 0.6) is 5.75 Å². The molecule has 0 atom stereocenters. The van der Waals surface area contributed by atoms with E-state index in [-0.39, 0.29) is 24.9 Å². The number of furan rings is 1. The lowest BCUT2D eigenvalue weighted by molar-refractivity contribution is -0.122. The van der Waals surface area contributed by atoms with Gasteiger partial charge in [-0.05, 0) is 35.7 Å². The standard InChI is InChI=1S/C20H21FN2O3S/c21-16-4-1-5-17(12-16)26-10-8-22-20(24)15-23(13-18-6-2-9-25-18)14-19-7-3-11-27-19/h1-7,9,11-12H,8,10,13-15H2,(H,22,24). The van der Waals surface area contributed by atoms with Crippen LogP contribution in [0.1, 0.15) is 10.6 Å². The molecule has 0 saturated heterocycles. The summed E-state index contributed by atoms with van der Waals surface area (Å²) >= 11 is 1.66. The van der Waals surface area contributed by atoms with Crippen LogP contribution in [0.3, 0.4) is 0 Å². The van der Waals surface area contributed by atoms with Gasteiger partial charge in [-0.3, -0.25) is 9.69 Å². The van der Waals surface area contributed by atoms with Crippen molar-refractivity contribution in [2.24, 2.45) is 0 Å². The molecule has 0 unspecified atom stereocenters. The molecular weight excluding hydrogens is 367 g/mol. The molecule has 0 radical (unpaired) electrons. The number of carbonyl (C=O) groups excluding carboxylic acids is 1. The van der Waals surface area contributed by atoms with Crippen molar-refractivity contribution >= 4 is 17.2 Å². The summed E-state index contributed by atoms with van der Waals surface area (Å²) in [5.74, 6) is 0.815. The lowest BCUT2D eigenvalue weighted by atomic mass is 10.3. The van der Waals surface area contributed by atoms with Crippen LogP contribution in [0, 0.1) is 5.82 Å². The second-order valence-electron chi connectivity index (χ2n) is 5.96. The van der Waals surface area contributed by atoms with E-state index in [4.69, 9.17) is 9.15 Å². The van der Waals surface area contributed by atoms with E-state index in [0.717, 1.165) is 5.76 Å². The Hall–Kier alpha value is -2.64. The fourth-order valence-corrected chi connectivity index (χ4v) is 3.33. The minimum atomic E-state index is -0.348. The second-order valence-corrected chi connectivity index (χ2v) is 6.99. The Labute approximate surface area is 161 Å². The monoisotopic (exact) mass is 388 g/mol. The summed E-state index contributed by atoms with van der Waals surface area (Å²) in [7, 11) is 0. The number of nitrogens with one attached hydrogen (secondary N) is 1. The van der Waals surface area contributed by atoms with Crippen LogP contribution in [0.15, 0.2) is 64.6 Å². The number of benzene rings is 1. The van der Waals surface area contributed by atoms with Crippen molar-refractivity contribution in [2.45, 2.75) is 13.1 Å². The molecule has 142 valence electrons. The Morgan fingerprint density at radius 1 is 1.19 bits per heavy atom. The van der Waals surface area contributed by atoms with E-state index in [1.807, 2.05) is 34.5 Å². The number of carbonyl (C=O) groups is 1. The molecule has 1 N–H and O–H groups in total. The van der Waals surface area contributed by atoms with Gasteiger partial charge in [0.2, 0.25) is 5.91 Å². The fraction of sp³-hybridized carbons (Fsp3) is 0.250. The highest BCUT2D eigenvalue weighted by Gasteiger charge is 2.14. The highest BCUT2D eigenvalue weighted by Crippen LogP contribution is 2.14. The third-order valence-corrected chi connectivity index (χ3v) is 4.64. The highest BCUT2D eigenvalue weighted by atomic mass is 32.1. The van der Waals surface area contributed by atoms with Crippen molar-refractivity contribution in [1.29, 1.82) is 0 Å². The molecule has 2 aromatic heterocycles. The van der Waals surface area contributed by atoms with Gasteiger partial charge in [-0.15, -0.1) is 11.3 Å². The van der Waals surface area contributed by atoms with Gasteiger partial charge in [-0.25, -0.2) is 4.39 Å². The Morgan fingerprint density at radius 3 is 2.85 bits per heavy atom. The number of nitrogens with zero attached hydrogens (tertiary/aromatic N) is 1. The number of halogens is 1. The van der Waals surface area contributed by atoms with Crippen LogP contribution in [-0.2, 0) is 17.9 Å². The van der Waals surface area contributed by atoms with Gasteiger partial charge in [0.25, 0.3) is 0 Å². The van der Waals surface area contributed by atoms with Crippen LogP contribution < -0.4 is 10.1 Å². The van der Waals surface area contributed by atoms with Gasteiger partial charge in [0, 0.05) is 17.5 Å². The minimum Gasteiger partial charge on any atom is -0.492 e. The average Bonchev–Trinajstić information content (AvgIpc) is 3.33. The summed E-state index contributed by atoms with van der Waals surface area (Å²) in [6.45, 7) is 2.10. The Balaban J connectivity index is 1.45. The zero-order valence-corrected chi connectivity index (χ0v) is 15.6. The summed E-state index contributed by atoms with van der Waals surface area (Å²) in [6, 6.07) is 13.7. The van der Waals surface area contributed by atoms with Crippen molar-refractivity contribution in [1.82, 2.24) is 10.2 Å². The molecule has 3 rings (SSSR count). The molecule has 0 bridgehead atoms. The predicted molar refractivity (Wildman–Crippen MR) is 102 cm³/mol. The summed E-state index contributed by atoms with van der Waals surface area (Å²) in [5, 5.41) is 4.85. The van der Waals surface area contributed by atoms with E-state index in [0.29, 0.717) is 25.4 Å².